The monoisotopic (exact) mass is 334 g/mol. The normalized spacial score (nSPS) is 14.1. The van der Waals surface area contributed by atoms with Crippen LogP contribution in [0.4, 0.5) is 0 Å². The van der Waals surface area contributed by atoms with Gasteiger partial charge in [0.2, 0.25) is 0 Å². The minimum absolute atomic E-state index is 0.201. The average Bonchev–Trinajstić information content (AvgIpc) is 2.78. The van der Waals surface area contributed by atoms with E-state index in [4.69, 9.17) is 0 Å². The van der Waals surface area contributed by atoms with Gasteiger partial charge < -0.3 is 5.11 Å². The van der Waals surface area contributed by atoms with Crippen molar-refractivity contribution < 1.29 is 9.90 Å². The molecule has 20 heavy (non-hydrogen) atoms. The van der Waals surface area contributed by atoms with Crippen LogP contribution in [0.3, 0.4) is 0 Å². The molecule has 0 unspecified atom stereocenters. The van der Waals surface area contributed by atoms with Crippen LogP contribution in [0.15, 0.2) is 22.7 Å². The molecule has 0 amide bonds. The van der Waals surface area contributed by atoms with Crippen LogP contribution in [0.1, 0.15) is 40.2 Å². The smallest absolute Gasteiger partial charge is 0.356 e. The number of aromatic carboxylic acids is 1. The molecule has 1 aromatic heterocycles. The topological polar surface area (TPSA) is 55.1 Å². The number of hydrogen-bond acceptors (Lipinski definition) is 2. The number of nitrogens with zero attached hydrogens (tertiary/aromatic N) is 2. The van der Waals surface area contributed by atoms with Gasteiger partial charge in [0.1, 0.15) is 0 Å². The minimum Gasteiger partial charge on any atom is -0.476 e. The molecule has 0 aliphatic heterocycles. The molecular formula is C15H15BrN2O2. The number of halogens is 1. The molecule has 1 aliphatic rings. The largest absolute Gasteiger partial charge is 0.476 e. The van der Waals surface area contributed by atoms with E-state index in [-0.39, 0.29) is 5.69 Å². The predicted octanol–water partition coefficient (Wildman–Crippen LogP) is 3.52. The summed E-state index contributed by atoms with van der Waals surface area (Å²) < 4.78 is 2.73. The number of aromatic nitrogens is 2. The van der Waals surface area contributed by atoms with Crippen molar-refractivity contribution in [3.63, 3.8) is 0 Å². The van der Waals surface area contributed by atoms with Crippen molar-refractivity contribution in [1.82, 2.24) is 9.78 Å². The van der Waals surface area contributed by atoms with Gasteiger partial charge in [-0.1, -0.05) is 6.07 Å². The first kappa shape index (κ1) is 13.4. The van der Waals surface area contributed by atoms with Crippen molar-refractivity contribution in [2.75, 3.05) is 0 Å². The van der Waals surface area contributed by atoms with Crippen molar-refractivity contribution in [1.29, 1.82) is 0 Å². The first-order valence-electron chi connectivity index (χ1n) is 6.68. The Bertz CT molecular complexity index is 691. The van der Waals surface area contributed by atoms with E-state index in [2.05, 4.69) is 21.0 Å². The van der Waals surface area contributed by atoms with Crippen LogP contribution in [0, 0.1) is 6.92 Å². The summed E-state index contributed by atoms with van der Waals surface area (Å²) in [4.78, 5) is 11.4. The summed E-state index contributed by atoms with van der Waals surface area (Å²) in [5.41, 5.74) is 4.20. The summed E-state index contributed by atoms with van der Waals surface area (Å²) in [6.45, 7) is 2.02. The second-order valence-corrected chi connectivity index (χ2v) is 6.01. The Balaban J connectivity index is 2.21. The van der Waals surface area contributed by atoms with Crippen LogP contribution in [-0.2, 0) is 12.8 Å². The second-order valence-electron chi connectivity index (χ2n) is 5.15. The van der Waals surface area contributed by atoms with Gasteiger partial charge in [0.05, 0.1) is 5.69 Å². The number of aryl methyl sites for hydroxylation is 1. The summed E-state index contributed by atoms with van der Waals surface area (Å²) in [5.74, 6) is -0.940. The third kappa shape index (κ3) is 2.16. The molecule has 5 heteroatoms. The standard InChI is InChI=1S/C15H15BrN2O2/c1-9-6-7-13(11(16)8-9)18-12-5-3-2-4-10(12)14(17-18)15(19)20/h6-8H,2-5H2,1H3,(H,19,20). The highest BCUT2D eigenvalue weighted by Gasteiger charge is 2.25. The van der Waals surface area contributed by atoms with Gasteiger partial charge in [-0.15, -0.1) is 0 Å². The van der Waals surface area contributed by atoms with Crippen molar-refractivity contribution in [2.24, 2.45) is 0 Å². The fourth-order valence-electron chi connectivity index (χ4n) is 2.75. The molecule has 1 aliphatic carbocycles. The summed E-state index contributed by atoms with van der Waals surface area (Å²) in [7, 11) is 0. The molecule has 1 heterocycles. The zero-order chi connectivity index (χ0) is 14.3. The number of fused-ring (bicyclic) bond motifs is 1. The SMILES string of the molecule is Cc1ccc(-n2nc(C(=O)O)c3c2CCCC3)c(Br)c1. The number of rotatable bonds is 2. The van der Waals surface area contributed by atoms with Crippen LogP contribution in [0.2, 0.25) is 0 Å². The number of benzene rings is 1. The first-order valence-corrected chi connectivity index (χ1v) is 7.48. The fraction of sp³-hybridized carbons (Fsp3) is 0.333. The number of hydrogen-bond donors (Lipinski definition) is 1. The van der Waals surface area contributed by atoms with Gasteiger partial charge >= 0.3 is 5.97 Å². The van der Waals surface area contributed by atoms with Gasteiger partial charge in [0.15, 0.2) is 5.69 Å². The van der Waals surface area contributed by atoms with E-state index < -0.39 is 5.97 Å². The molecular weight excluding hydrogens is 320 g/mol. The Morgan fingerprint density at radius 1 is 1.35 bits per heavy atom. The quantitative estimate of drug-likeness (QED) is 0.914. The molecule has 104 valence electrons. The van der Waals surface area contributed by atoms with E-state index in [0.717, 1.165) is 52.7 Å². The van der Waals surface area contributed by atoms with Gasteiger partial charge in [0.25, 0.3) is 0 Å². The first-order chi connectivity index (χ1) is 9.58. The lowest BCUT2D eigenvalue weighted by Crippen LogP contribution is -2.08. The third-order valence-electron chi connectivity index (χ3n) is 3.71. The Morgan fingerprint density at radius 3 is 2.80 bits per heavy atom. The van der Waals surface area contributed by atoms with Crippen molar-refractivity contribution in [2.45, 2.75) is 32.6 Å². The van der Waals surface area contributed by atoms with Crippen molar-refractivity contribution >= 4 is 21.9 Å². The maximum atomic E-state index is 11.4. The predicted molar refractivity (Wildman–Crippen MR) is 79.6 cm³/mol. The van der Waals surface area contributed by atoms with E-state index in [1.54, 1.807) is 4.68 Å². The lowest BCUT2D eigenvalue weighted by Gasteiger charge is -2.15. The fourth-order valence-corrected chi connectivity index (χ4v) is 3.41. The van der Waals surface area contributed by atoms with Crippen LogP contribution < -0.4 is 0 Å². The second kappa shape index (κ2) is 5.05. The summed E-state index contributed by atoms with van der Waals surface area (Å²) in [5, 5.41) is 13.7. The number of carboxylic acids is 1. The Hall–Kier alpha value is -1.62. The molecule has 3 rings (SSSR count). The van der Waals surface area contributed by atoms with Crippen LogP contribution in [0.5, 0.6) is 0 Å². The van der Waals surface area contributed by atoms with E-state index in [1.807, 2.05) is 25.1 Å². The molecule has 0 saturated heterocycles. The zero-order valence-electron chi connectivity index (χ0n) is 11.2. The molecule has 0 bridgehead atoms. The molecule has 0 saturated carbocycles. The lowest BCUT2D eigenvalue weighted by atomic mass is 9.95. The van der Waals surface area contributed by atoms with E-state index >= 15 is 0 Å². The highest BCUT2D eigenvalue weighted by molar-refractivity contribution is 9.10. The molecule has 4 nitrogen and oxygen atoms in total. The molecule has 0 fully saturated rings. The van der Waals surface area contributed by atoms with E-state index in [0.29, 0.717) is 0 Å². The molecule has 1 aromatic carbocycles. The van der Waals surface area contributed by atoms with Gasteiger partial charge in [-0.05, 0) is 66.2 Å². The minimum atomic E-state index is -0.940. The molecule has 0 atom stereocenters. The van der Waals surface area contributed by atoms with Crippen molar-refractivity contribution in [3.05, 3.63) is 45.2 Å². The zero-order valence-corrected chi connectivity index (χ0v) is 12.8. The summed E-state index contributed by atoms with van der Waals surface area (Å²) in [6, 6.07) is 6.01. The lowest BCUT2D eigenvalue weighted by molar-refractivity contribution is 0.0688. The van der Waals surface area contributed by atoms with Gasteiger partial charge in [0, 0.05) is 15.7 Å². The Morgan fingerprint density at radius 2 is 2.10 bits per heavy atom. The van der Waals surface area contributed by atoms with E-state index in [1.165, 1.54) is 0 Å². The third-order valence-corrected chi connectivity index (χ3v) is 4.35. The van der Waals surface area contributed by atoms with Gasteiger partial charge in [-0.25, -0.2) is 9.48 Å². The molecule has 1 N–H and O–H groups in total. The van der Waals surface area contributed by atoms with Gasteiger partial charge in [-0.2, -0.15) is 5.10 Å². The molecule has 0 radical (unpaired) electrons. The number of carboxylic acid groups (broad SMARTS) is 1. The highest BCUT2D eigenvalue weighted by Crippen LogP contribution is 2.30. The summed E-state index contributed by atoms with van der Waals surface area (Å²) in [6.07, 6.45) is 3.81. The van der Waals surface area contributed by atoms with Gasteiger partial charge in [-0.3, -0.25) is 0 Å². The number of carbonyl (C=O) groups is 1. The van der Waals surface area contributed by atoms with Crippen LogP contribution in [-0.4, -0.2) is 20.9 Å². The highest BCUT2D eigenvalue weighted by atomic mass is 79.9. The Kier molecular flexibility index (Phi) is 3.38. The van der Waals surface area contributed by atoms with E-state index in [9.17, 15) is 9.90 Å². The molecule has 0 spiro atoms. The average molecular weight is 335 g/mol. The Labute approximate surface area is 125 Å². The maximum Gasteiger partial charge on any atom is 0.356 e. The maximum absolute atomic E-state index is 11.4. The molecule has 2 aromatic rings. The van der Waals surface area contributed by atoms with Crippen LogP contribution in [0.25, 0.3) is 5.69 Å². The summed E-state index contributed by atoms with van der Waals surface area (Å²) >= 11 is 3.55. The van der Waals surface area contributed by atoms with Crippen molar-refractivity contribution in [3.8, 4) is 5.69 Å². The van der Waals surface area contributed by atoms with Crippen LogP contribution >= 0.6 is 15.9 Å².